The van der Waals surface area contributed by atoms with E-state index in [1.54, 1.807) is 6.07 Å². The van der Waals surface area contributed by atoms with Crippen LogP contribution in [0.4, 0.5) is 0 Å². The molecule has 1 aromatic carbocycles. The highest BCUT2D eigenvalue weighted by Gasteiger charge is 2.24. The van der Waals surface area contributed by atoms with E-state index in [0.717, 1.165) is 36.8 Å². The molecule has 114 valence electrons. The molecule has 1 saturated carbocycles. The van der Waals surface area contributed by atoms with Gasteiger partial charge in [-0.1, -0.05) is 24.3 Å². The van der Waals surface area contributed by atoms with E-state index in [-0.39, 0.29) is 24.3 Å². The number of carbonyl (C=O) groups excluding carboxylic acids is 1. The first-order valence-electron chi connectivity index (χ1n) is 7.38. The van der Waals surface area contributed by atoms with Crippen molar-refractivity contribution in [1.82, 2.24) is 5.32 Å². The maximum Gasteiger partial charge on any atom is 0.307 e. The molecule has 0 aliphatic heterocycles. The van der Waals surface area contributed by atoms with Gasteiger partial charge in [0.15, 0.2) is 0 Å². The Morgan fingerprint density at radius 3 is 2.38 bits per heavy atom. The van der Waals surface area contributed by atoms with Gasteiger partial charge >= 0.3 is 5.97 Å². The molecule has 0 heterocycles. The number of carboxylic acid groups (broad SMARTS) is 1. The fourth-order valence-electron chi connectivity index (χ4n) is 2.77. The molecule has 1 aliphatic carbocycles. The molecular formula is C16H22N2O3. The minimum absolute atomic E-state index is 0.0235. The molecule has 1 fully saturated rings. The Morgan fingerprint density at radius 2 is 1.76 bits per heavy atom. The Kier molecular flexibility index (Phi) is 5.33. The average Bonchev–Trinajstić information content (AvgIpc) is 2.46. The van der Waals surface area contributed by atoms with E-state index >= 15 is 0 Å². The fourth-order valence-corrected chi connectivity index (χ4v) is 2.77. The third-order valence-electron chi connectivity index (χ3n) is 4.06. The van der Waals surface area contributed by atoms with Crippen LogP contribution in [0, 0.1) is 5.92 Å². The molecule has 5 nitrogen and oxygen atoms in total. The van der Waals surface area contributed by atoms with Crippen LogP contribution in [0.2, 0.25) is 0 Å². The lowest BCUT2D eigenvalue weighted by Crippen LogP contribution is -2.36. The van der Waals surface area contributed by atoms with Crippen LogP contribution in [-0.4, -0.2) is 23.0 Å². The first kappa shape index (κ1) is 15.5. The number of amides is 1. The molecule has 0 atom stereocenters. The lowest BCUT2D eigenvalue weighted by atomic mass is 9.86. The largest absolute Gasteiger partial charge is 0.481 e. The van der Waals surface area contributed by atoms with E-state index in [1.165, 1.54) is 0 Å². The Balaban J connectivity index is 1.90. The number of nitrogens with two attached hydrogens (primary N) is 1. The molecule has 0 saturated heterocycles. The number of aliphatic carboxylic acids is 1. The summed E-state index contributed by atoms with van der Waals surface area (Å²) in [4.78, 5) is 23.0. The number of hydrogen-bond acceptors (Lipinski definition) is 3. The monoisotopic (exact) mass is 290 g/mol. The second-order valence-electron chi connectivity index (χ2n) is 5.67. The van der Waals surface area contributed by atoms with Crippen LogP contribution in [0.15, 0.2) is 24.3 Å². The maximum absolute atomic E-state index is 12.1. The van der Waals surface area contributed by atoms with E-state index in [2.05, 4.69) is 5.32 Å². The lowest BCUT2D eigenvalue weighted by molar-refractivity contribution is -0.136. The van der Waals surface area contributed by atoms with Gasteiger partial charge in [-0.15, -0.1) is 0 Å². The van der Waals surface area contributed by atoms with Crippen LogP contribution in [0.5, 0.6) is 0 Å². The van der Waals surface area contributed by atoms with Crippen molar-refractivity contribution >= 4 is 11.9 Å². The molecule has 5 heteroatoms. The van der Waals surface area contributed by atoms with Crippen LogP contribution < -0.4 is 11.1 Å². The van der Waals surface area contributed by atoms with Crippen molar-refractivity contribution in [2.75, 3.05) is 0 Å². The van der Waals surface area contributed by atoms with Gasteiger partial charge in [0.05, 0.1) is 6.42 Å². The van der Waals surface area contributed by atoms with E-state index in [0.29, 0.717) is 6.54 Å². The maximum atomic E-state index is 12.1. The summed E-state index contributed by atoms with van der Waals surface area (Å²) in [7, 11) is 0. The van der Waals surface area contributed by atoms with Crippen molar-refractivity contribution in [3.63, 3.8) is 0 Å². The summed E-state index contributed by atoms with van der Waals surface area (Å²) in [6.07, 6.45) is 3.44. The second kappa shape index (κ2) is 7.22. The number of carboxylic acids is 1. The Morgan fingerprint density at radius 1 is 1.14 bits per heavy atom. The van der Waals surface area contributed by atoms with Crippen molar-refractivity contribution < 1.29 is 14.7 Å². The molecule has 0 unspecified atom stereocenters. The second-order valence-corrected chi connectivity index (χ2v) is 5.67. The van der Waals surface area contributed by atoms with Crippen molar-refractivity contribution in [2.24, 2.45) is 11.7 Å². The number of carbonyl (C=O) groups is 2. The van der Waals surface area contributed by atoms with E-state index in [4.69, 9.17) is 10.8 Å². The van der Waals surface area contributed by atoms with Gasteiger partial charge in [-0.05, 0) is 36.8 Å². The third kappa shape index (κ3) is 4.56. The summed E-state index contributed by atoms with van der Waals surface area (Å²) < 4.78 is 0. The van der Waals surface area contributed by atoms with Gasteiger partial charge in [-0.3, -0.25) is 9.59 Å². The predicted molar refractivity (Wildman–Crippen MR) is 79.6 cm³/mol. The molecule has 1 aromatic rings. The Labute approximate surface area is 124 Å². The molecular weight excluding hydrogens is 268 g/mol. The number of benzene rings is 1. The molecule has 2 rings (SSSR count). The van der Waals surface area contributed by atoms with E-state index < -0.39 is 5.97 Å². The van der Waals surface area contributed by atoms with Crippen molar-refractivity contribution in [3.05, 3.63) is 35.4 Å². The highest BCUT2D eigenvalue weighted by Crippen LogP contribution is 2.23. The normalized spacial score (nSPS) is 21.8. The standard InChI is InChI=1S/C16H22N2O3/c17-14-7-5-11(6-8-14)16(21)18-10-13-4-2-1-3-12(13)9-15(19)20/h1-4,11,14H,5-10,17H2,(H,18,21)(H,19,20). The quantitative estimate of drug-likeness (QED) is 0.765. The molecule has 0 bridgehead atoms. The Bertz CT molecular complexity index is 508. The average molecular weight is 290 g/mol. The minimum atomic E-state index is -0.866. The molecule has 1 aliphatic rings. The first-order valence-corrected chi connectivity index (χ1v) is 7.38. The zero-order valence-electron chi connectivity index (χ0n) is 12.0. The molecule has 0 aromatic heterocycles. The molecule has 21 heavy (non-hydrogen) atoms. The topological polar surface area (TPSA) is 92.4 Å². The van der Waals surface area contributed by atoms with Gasteiger partial charge < -0.3 is 16.2 Å². The summed E-state index contributed by atoms with van der Waals surface area (Å²) in [6, 6.07) is 7.54. The number of hydrogen-bond donors (Lipinski definition) is 3. The smallest absolute Gasteiger partial charge is 0.307 e. The van der Waals surface area contributed by atoms with Crippen LogP contribution in [0.3, 0.4) is 0 Å². The van der Waals surface area contributed by atoms with Crippen molar-refractivity contribution in [3.8, 4) is 0 Å². The van der Waals surface area contributed by atoms with Crippen LogP contribution in [0.1, 0.15) is 36.8 Å². The van der Waals surface area contributed by atoms with Gasteiger partial charge in [0, 0.05) is 18.5 Å². The molecule has 0 radical (unpaired) electrons. The molecule has 4 N–H and O–H groups in total. The highest BCUT2D eigenvalue weighted by molar-refractivity contribution is 5.78. The highest BCUT2D eigenvalue weighted by atomic mass is 16.4. The molecule has 1 amide bonds. The molecule has 0 spiro atoms. The first-order chi connectivity index (χ1) is 10.1. The SMILES string of the molecule is NC1CCC(C(=O)NCc2ccccc2CC(=O)O)CC1. The van der Waals surface area contributed by atoms with Crippen LogP contribution in [0.25, 0.3) is 0 Å². The fraction of sp³-hybridized carbons (Fsp3) is 0.500. The van der Waals surface area contributed by atoms with Crippen LogP contribution in [-0.2, 0) is 22.6 Å². The van der Waals surface area contributed by atoms with Gasteiger partial charge in [0.2, 0.25) is 5.91 Å². The van der Waals surface area contributed by atoms with Gasteiger partial charge in [-0.2, -0.15) is 0 Å². The van der Waals surface area contributed by atoms with Crippen LogP contribution >= 0.6 is 0 Å². The van der Waals surface area contributed by atoms with E-state index in [9.17, 15) is 9.59 Å². The predicted octanol–water partition coefficient (Wildman–Crippen LogP) is 1.45. The zero-order chi connectivity index (χ0) is 15.2. The van der Waals surface area contributed by atoms with Gasteiger partial charge in [-0.25, -0.2) is 0 Å². The number of rotatable bonds is 5. The zero-order valence-corrected chi connectivity index (χ0v) is 12.0. The van der Waals surface area contributed by atoms with Crippen molar-refractivity contribution in [1.29, 1.82) is 0 Å². The third-order valence-corrected chi connectivity index (χ3v) is 4.06. The van der Waals surface area contributed by atoms with E-state index in [1.807, 2.05) is 18.2 Å². The Hall–Kier alpha value is -1.88. The summed E-state index contributed by atoms with van der Waals surface area (Å²) in [5.74, 6) is -0.779. The summed E-state index contributed by atoms with van der Waals surface area (Å²) in [6.45, 7) is 0.380. The minimum Gasteiger partial charge on any atom is -0.481 e. The van der Waals surface area contributed by atoms with Gasteiger partial charge in [0.25, 0.3) is 0 Å². The summed E-state index contributed by atoms with van der Waals surface area (Å²) in [5.41, 5.74) is 7.45. The summed E-state index contributed by atoms with van der Waals surface area (Å²) >= 11 is 0. The van der Waals surface area contributed by atoms with Gasteiger partial charge in [0.1, 0.15) is 0 Å². The lowest BCUT2D eigenvalue weighted by Gasteiger charge is -2.25. The summed E-state index contributed by atoms with van der Waals surface area (Å²) in [5, 5.41) is 11.8. The van der Waals surface area contributed by atoms with Crippen molar-refractivity contribution in [2.45, 2.75) is 44.7 Å². The number of nitrogens with one attached hydrogen (secondary N) is 1.